The van der Waals surface area contributed by atoms with Crippen molar-refractivity contribution in [1.29, 1.82) is 0 Å². The number of pyridine rings is 1. The zero-order chi connectivity index (χ0) is 17.9. The first kappa shape index (κ1) is 16.6. The normalized spacial score (nSPS) is 10.0. The van der Waals surface area contributed by atoms with Crippen LogP contribution in [0.5, 0.6) is 11.5 Å². The molecule has 0 saturated carbocycles. The second-order valence-corrected chi connectivity index (χ2v) is 4.42. The van der Waals surface area contributed by atoms with E-state index in [-0.39, 0.29) is 17.1 Å². The van der Waals surface area contributed by atoms with Gasteiger partial charge in [0, 0.05) is 11.6 Å². The van der Waals surface area contributed by atoms with Gasteiger partial charge in [0.25, 0.3) is 11.6 Å². The minimum atomic E-state index is -0.794. The Bertz CT molecular complexity index is 837. The number of hydrogen-bond acceptors (Lipinski definition) is 8. The minimum Gasteiger partial charge on any atom is -0.504 e. The predicted molar refractivity (Wildman–Crippen MR) is 80.2 cm³/mol. The minimum absolute atomic E-state index is 0.0205. The molecule has 1 aromatic heterocycles. The number of nitrogens with one attached hydrogen (secondary N) is 1. The van der Waals surface area contributed by atoms with E-state index >= 15 is 0 Å². The van der Waals surface area contributed by atoms with Gasteiger partial charge in [-0.25, -0.2) is 4.98 Å². The maximum atomic E-state index is 12.1. The molecule has 0 fully saturated rings. The number of carbonyl (C=O) groups is 1. The van der Waals surface area contributed by atoms with Crippen LogP contribution in [0.25, 0.3) is 0 Å². The number of aromatic nitrogens is 1. The first-order valence-electron chi connectivity index (χ1n) is 6.30. The first-order valence-corrected chi connectivity index (χ1v) is 6.30. The summed E-state index contributed by atoms with van der Waals surface area (Å²) in [5, 5.41) is 33.4. The molecular formula is C13H10N4O7. The molecule has 0 unspecified atom stereocenters. The maximum Gasteiger partial charge on any atom is 0.311 e. The highest BCUT2D eigenvalue weighted by Gasteiger charge is 2.20. The van der Waals surface area contributed by atoms with Crippen LogP contribution in [-0.4, -0.2) is 33.0 Å². The van der Waals surface area contributed by atoms with Gasteiger partial charge in [-0.05, 0) is 12.1 Å². The summed E-state index contributed by atoms with van der Waals surface area (Å²) < 4.78 is 4.82. The van der Waals surface area contributed by atoms with E-state index < -0.39 is 32.9 Å². The largest absolute Gasteiger partial charge is 0.504 e. The molecule has 0 aliphatic rings. The third-order valence-electron chi connectivity index (χ3n) is 2.93. The standard InChI is InChI=1S/C13H10N4O7/c1-24-11-3-2-7(4-9(11)17(22)23)13(19)15-12-10(18)5-8(6-14-12)16(20)21/h2-6,18H,1H3,(H,14,15,19). The van der Waals surface area contributed by atoms with E-state index in [1.54, 1.807) is 0 Å². The third-order valence-corrected chi connectivity index (χ3v) is 2.93. The molecule has 0 atom stereocenters. The molecule has 2 aromatic rings. The smallest absolute Gasteiger partial charge is 0.311 e. The Kier molecular flexibility index (Phi) is 4.54. The fraction of sp³-hybridized carbons (Fsp3) is 0.0769. The van der Waals surface area contributed by atoms with Gasteiger partial charge in [-0.1, -0.05) is 0 Å². The number of aromatic hydroxyl groups is 1. The van der Waals surface area contributed by atoms with Crippen LogP contribution in [0.1, 0.15) is 10.4 Å². The molecule has 1 heterocycles. The molecule has 0 bridgehead atoms. The quantitative estimate of drug-likeness (QED) is 0.619. The zero-order valence-electron chi connectivity index (χ0n) is 12.1. The van der Waals surface area contributed by atoms with Crippen LogP contribution in [0.4, 0.5) is 17.2 Å². The molecule has 0 saturated heterocycles. The molecule has 2 N–H and O–H groups in total. The summed E-state index contributed by atoms with van der Waals surface area (Å²) in [7, 11) is 1.25. The highest BCUT2D eigenvalue weighted by atomic mass is 16.6. The Morgan fingerprint density at radius 3 is 2.50 bits per heavy atom. The Morgan fingerprint density at radius 1 is 1.25 bits per heavy atom. The molecule has 124 valence electrons. The number of hydrogen-bond donors (Lipinski definition) is 2. The number of nitro groups is 2. The number of amides is 1. The fourth-order valence-electron chi connectivity index (χ4n) is 1.79. The molecule has 0 aliphatic heterocycles. The fourth-order valence-corrected chi connectivity index (χ4v) is 1.79. The maximum absolute atomic E-state index is 12.1. The van der Waals surface area contributed by atoms with Crippen molar-refractivity contribution in [3.63, 3.8) is 0 Å². The molecule has 0 spiro atoms. The molecule has 0 aliphatic carbocycles. The number of nitrogens with zero attached hydrogens (tertiary/aromatic N) is 3. The number of rotatable bonds is 5. The highest BCUT2D eigenvalue weighted by Crippen LogP contribution is 2.29. The third kappa shape index (κ3) is 3.35. The molecule has 24 heavy (non-hydrogen) atoms. The topological polar surface area (TPSA) is 158 Å². The number of ether oxygens (including phenoxy) is 1. The van der Waals surface area contributed by atoms with Gasteiger partial charge >= 0.3 is 5.69 Å². The van der Waals surface area contributed by atoms with Crippen LogP contribution in [0.15, 0.2) is 30.5 Å². The van der Waals surface area contributed by atoms with Crippen molar-refractivity contribution in [3.05, 3.63) is 56.3 Å². The monoisotopic (exact) mass is 334 g/mol. The van der Waals surface area contributed by atoms with Crippen LogP contribution in [0.3, 0.4) is 0 Å². The van der Waals surface area contributed by atoms with Crippen molar-refractivity contribution in [2.24, 2.45) is 0 Å². The van der Waals surface area contributed by atoms with Crippen LogP contribution in [0, 0.1) is 20.2 Å². The van der Waals surface area contributed by atoms with Crippen molar-refractivity contribution < 1.29 is 24.5 Å². The lowest BCUT2D eigenvalue weighted by atomic mass is 10.1. The van der Waals surface area contributed by atoms with E-state index in [0.717, 1.165) is 18.3 Å². The summed E-state index contributed by atoms with van der Waals surface area (Å²) in [5.74, 6) is -1.74. The van der Waals surface area contributed by atoms with Gasteiger partial charge in [-0.2, -0.15) is 0 Å². The SMILES string of the molecule is COc1ccc(C(=O)Nc2ncc([N+](=O)[O-])cc2O)cc1[N+](=O)[O-]. The van der Waals surface area contributed by atoms with Crippen LogP contribution >= 0.6 is 0 Å². The average Bonchev–Trinajstić information content (AvgIpc) is 2.55. The van der Waals surface area contributed by atoms with E-state index in [9.17, 15) is 30.1 Å². The van der Waals surface area contributed by atoms with Gasteiger partial charge in [0.05, 0.1) is 23.0 Å². The van der Waals surface area contributed by atoms with Crippen molar-refractivity contribution in [2.75, 3.05) is 12.4 Å². The van der Waals surface area contributed by atoms with Crippen molar-refractivity contribution in [1.82, 2.24) is 4.98 Å². The molecular weight excluding hydrogens is 324 g/mol. The van der Waals surface area contributed by atoms with Gasteiger partial charge in [0.2, 0.25) is 0 Å². The lowest BCUT2D eigenvalue weighted by Crippen LogP contribution is -2.13. The lowest BCUT2D eigenvalue weighted by Gasteiger charge is -2.07. The van der Waals surface area contributed by atoms with E-state index in [4.69, 9.17) is 4.74 Å². The summed E-state index contributed by atoms with van der Waals surface area (Å²) in [6.07, 6.45) is 0.853. The van der Waals surface area contributed by atoms with Gasteiger partial charge in [0.1, 0.15) is 6.20 Å². The van der Waals surface area contributed by atoms with Gasteiger partial charge in [-0.15, -0.1) is 0 Å². The number of benzene rings is 1. The van der Waals surface area contributed by atoms with Gasteiger partial charge in [-0.3, -0.25) is 25.0 Å². The lowest BCUT2D eigenvalue weighted by molar-refractivity contribution is -0.385. The highest BCUT2D eigenvalue weighted by molar-refractivity contribution is 6.05. The molecule has 1 aromatic carbocycles. The summed E-state index contributed by atoms with van der Waals surface area (Å²) in [5.41, 5.74) is -0.946. The molecule has 0 radical (unpaired) electrons. The van der Waals surface area contributed by atoms with Crippen molar-refractivity contribution >= 4 is 23.1 Å². The number of methoxy groups -OCH3 is 1. The second kappa shape index (κ2) is 6.56. The van der Waals surface area contributed by atoms with Gasteiger partial charge in [0.15, 0.2) is 17.3 Å². The predicted octanol–water partition coefficient (Wildman–Crippen LogP) is 1.86. The van der Waals surface area contributed by atoms with E-state index in [1.807, 2.05) is 0 Å². The molecule has 11 heteroatoms. The number of anilines is 1. The molecule has 11 nitrogen and oxygen atoms in total. The van der Waals surface area contributed by atoms with Crippen molar-refractivity contribution in [2.45, 2.75) is 0 Å². The van der Waals surface area contributed by atoms with E-state index in [1.165, 1.54) is 19.2 Å². The van der Waals surface area contributed by atoms with Crippen LogP contribution in [0.2, 0.25) is 0 Å². The summed E-state index contributed by atoms with van der Waals surface area (Å²) in [6, 6.07) is 4.34. The first-order chi connectivity index (χ1) is 11.3. The van der Waals surface area contributed by atoms with E-state index in [0.29, 0.717) is 0 Å². The second-order valence-electron chi connectivity index (χ2n) is 4.42. The average molecular weight is 334 g/mol. The summed E-state index contributed by atoms with van der Waals surface area (Å²) >= 11 is 0. The Balaban J connectivity index is 2.29. The Morgan fingerprint density at radius 2 is 1.96 bits per heavy atom. The number of nitro benzene ring substituents is 1. The van der Waals surface area contributed by atoms with Gasteiger partial charge < -0.3 is 15.2 Å². The van der Waals surface area contributed by atoms with Crippen molar-refractivity contribution in [3.8, 4) is 11.5 Å². The van der Waals surface area contributed by atoms with Crippen LogP contribution in [-0.2, 0) is 0 Å². The van der Waals surface area contributed by atoms with Crippen LogP contribution < -0.4 is 10.1 Å². The molecule has 2 rings (SSSR count). The Labute approximate surface area is 133 Å². The number of carbonyl (C=O) groups excluding carboxylic acids is 1. The molecule has 1 amide bonds. The van der Waals surface area contributed by atoms with E-state index in [2.05, 4.69) is 10.3 Å². The summed E-state index contributed by atoms with van der Waals surface area (Å²) in [6.45, 7) is 0. The summed E-state index contributed by atoms with van der Waals surface area (Å²) in [4.78, 5) is 35.7. The Hall–Kier alpha value is -3.76. The zero-order valence-corrected chi connectivity index (χ0v) is 12.1.